The van der Waals surface area contributed by atoms with E-state index in [1.54, 1.807) is 11.8 Å². The van der Waals surface area contributed by atoms with Crippen molar-refractivity contribution in [2.45, 2.75) is 26.2 Å². The maximum absolute atomic E-state index is 12.3. The van der Waals surface area contributed by atoms with Crippen LogP contribution in [0.3, 0.4) is 0 Å². The molecule has 1 amide bonds. The van der Waals surface area contributed by atoms with E-state index in [2.05, 4.69) is 4.98 Å². The highest BCUT2D eigenvalue weighted by Gasteiger charge is 2.22. The van der Waals surface area contributed by atoms with E-state index >= 15 is 0 Å². The Hall–Kier alpha value is -1.98. The van der Waals surface area contributed by atoms with Gasteiger partial charge in [0.25, 0.3) is 11.6 Å². The van der Waals surface area contributed by atoms with E-state index in [0.29, 0.717) is 11.3 Å². The molecule has 0 bridgehead atoms. The number of piperidine rings is 1. The Labute approximate surface area is 105 Å². The predicted octanol–water partition coefficient (Wildman–Crippen LogP) is 1.92. The average molecular weight is 249 g/mol. The molecule has 1 fully saturated rings. The monoisotopic (exact) mass is 249 g/mol. The summed E-state index contributed by atoms with van der Waals surface area (Å²) in [7, 11) is 0. The zero-order valence-electron chi connectivity index (χ0n) is 10.3. The van der Waals surface area contributed by atoms with E-state index < -0.39 is 4.92 Å². The minimum atomic E-state index is -0.528. The molecular weight excluding hydrogens is 234 g/mol. The summed E-state index contributed by atoms with van der Waals surface area (Å²) in [6.45, 7) is 3.14. The topological polar surface area (TPSA) is 76.3 Å². The molecular formula is C12H15N3O3. The number of carbonyl (C=O) groups is 1. The van der Waals surface area contributed by atoms with Gasteiger partial charge in [-0.2, -0.15) is 0 Å². The van der Waals surface area contributed by atoms with Crippen LogP contribution in [-0.2, 0) is 0 Å². The smallest absolute Gasteiger partial charge is 0.288 e. The number of nitrogens with zero attached hydrogens (tertiary/aromatic N) is 3. The first-order valence-electron chi connectivity index (χ1n) is 6.00. The lowest BCUT2D eigenvalue weighted by molar-refractivity contribution is -0.385. The molecule has 0 spiro atoms. The molecule has 1 saturated heterocycles. The summed E-state index contributed by atoms with van der Waals surface area (Å²) in [5, 5.41) is 10.7. The number of amides is 1. The van der Waals surface area contributed by atoms with Crippen LogP contribution in [0.15, 0.2) is 12.3 Å². The number of likely N-dealkylation sites (tertiary alicyclic amines) is 1. The molecule has 0 aromatic carbocycles. The van der Waals surface area contributed by atoms with Gasteiger partial charge in [-0.3, -0.25) is 19.9 Å². The Morgan fingerprint density at radius 3 is 2.67 bits per heavy atom. The lowest BCUT2D eigenvalue weighted by Crippen LogP contribution is -2.36. The molecule has 2 heterocycles. The first kappa shape index (κ1) is 12.5. The Morgan fingerprint density at radius 2 is 2.06 bits per heavy atom. The summed E-state index contributed by atoms with van der Waals surface area (Å²) >= 11 is 0. The molecule has 1 aromatic rings. The minimum absolute atomic E-state index is 0.138. The van der Waals surface area contributed by atoms with Crippen molar-refractivity contribution >= 4 is 11.6 Å². The summed E-state index contributed by atoms with van der Waals surface area (Å²) < 4.78 is 0. The average Bonchev–Trinajstić information content (AvgIpc) is 2.39. The van der Waals surface area contributed by atoms with Gasteiger partial charge in [0, 0.05) is 19.2 Å². The van der Waals surface area contributed by atoms with Crippen LogP contribution in [-0.4, -0.2) is 33.8 Å². The fraction of sp³-hybridized carbons (Fsp3) is 0.500. The molecule has 1 aliphatic heterocycles. The van der Waals surface area contributed by atoms with Crippen molar-refractivity contribution in [1.82, 2.24) is 9.88 Å². The third-order valence-electron chi connectivity index (χ3n) is 3.16. The quantitative estimate of drug-likeness (QED) is 0.592. The van der Waals surface area contributed by atoms with Gasteiger partial charge in [-0.25, -0.2) is 0 Å². The maximum Gasteiger partial charge on any atom is 0.288 e. The van der Waals surface area contributed by atoms with E-state index in [0.717, 1.165) is 32.4 Å². The van der Waals surface area contributed by atoms with Gasteiger partial charge < -0.3 is 4.90 Å². The molecule has 0 unspecified atom stereocenters. The Balaban J connectivity index is 2.28. The lowest BCUT2D eigenvalue weighted by Gasteiger charge is -2.27. The van der Waals surface area contributed by atoms with E-state index in [9.17, 15) is 14.9 Å². The van der Waals surface area contributed by atoms with Crippen LogP contribution >= 0.6 is 0 Å². The summed E-state index contributed by atoms with van der Waals surface area (Å²) in [5.74, 6) is -0.150. The van der Waals surface area contributed by atoms with Gasteiger partial charge in [0.05, 0.1) is 16.2 Å². The Kier molecular flexibility index (Phi) is 3.55. The molecule has 1 aromatic heterocycles. The van der Waals surface area contributed by atoms with Crippen molar-refractivity contribution in [3.05, 3.63) is 33.6 Å². The van der Waals surface area contributed by atoms with E-state index in [-0.39, 0.29) is 11.6 Å². The maximum atomic E-state index is 12.3. The van der Waals surface area contributed by atoms with Crippen molar-refractivity contribution < 1.29 is 9.72 Å². The van der Waals surface area contributed by atoms with Gasteiger partial charge in [0.15, 0.2) is 0 Å². The first-order valence-corrected chi connectivity index (χ1v) is 6.00. The second-order valence-electron chi connectivity index (χ2n) is 4.44. The largest absolute Gasteiger partial charge is 0.339 e. The number of rotatable bonds is 2. The summed E-state index contributed by atoms with van der Waals surface area (Å²) in [6, 6.07) is 1.32. The van der Waals surface area contributed by atoms with Crippen LogP contribution in [0.25, 0.3) is 0 Å². The fourth-order valence-electron chi connectivity index (χ4n) is 2.11. The van der Waals surface area contributed by atoms with Gasteiger partial charge in [-0.15, -0.1) is 0 Å². The van der Waals surface area contributed by atoms with Crippen LogP contribution < -0.4 is 0 Å². The SMILES string of the molecule is Cc1ncc([N+](=O)[O-])cc1C(=O)N1CCCCC1. The van der Waals surface area contributed by atoms with Crippen LogP contribution in [0.5, 0.6) is 0 Å². The van der Waals surface area contributed by atoms with Crippen molar-refractivity contribution in [3.63, 3.8) is 0 Å². The fourth-order valence-corrected chi connectivity index (χ4v) is 2.11. The second kappa shape index (κ2) is 5.12. The first-order chi connectivity index (χ1) is 8.59. The Bertz CT molecular complexity index is 481. The third-order valence-corrected chi connectivity index (χ3v) is 3.16. The molecule has 18 heavy (non-hydrogen) atoms. The number of hydrogen-bond donors (Lipinski definition) is 0. The van der Waals surface area contributed by atoms with Crippen molar-refractivity contribution in [2.24, 2.45) is 0 Å². The molecule has 96 valence electrons. The molecule has 0 saturated carbocycles. The van der Waals surface area contributed by atoms with Crippen molar-refractivity contribution in [3.8, 4) is 0 Å². The lowest BCUT2D eigenvalue weighted by atomic mass is 10.1. The van der Waals surface area contributed by atoms with Crippen LogP contribution in [0.1, 0.15) is 35.3 Å². The van der Waals surface area contributed by atoms with Gasteiger partial charge in [-0.1, -0.05) is 0 Å². The second-order valence-corrected chi connectivity index (χ2v) is 4.44. The van der Waals surface area contributed by atoms with Crippen LogP contribution in [0.2, 0.25) is 0 Å². The molecule has 0 aliphatic carbocycles. The molecule has 6 heteroatoms. The number of hydrogen-bond acceptors (Lipinski definition) is 4. The molecule has 1 aliphatic rings. The van der Waals surface area contributed by atoms with Gasteiger partial charge >= 0.3 is 0 Å². The third kappa shape index (κ3) is 2.47. The Morgan fingerprint density at radius 1 is 1.39 bits per heavy atom. The number of aryl methyl sites for hydroxylation is 1. The zero-order chi connectivity index (χ0) is 13.1. The van der Waals surface area contributed by atoms with E-state index in [4.69, 9.17) is 0 Å². The van der Waals surface area contributed by atoms with Crippen LogP contribution in [0, 0.1) is 17.0 Å². The predicted molar refractivity (Wildman–Crippen MR) is 65.4 cm³/mol. The highest BCUT2D eigenvalue weighted by Crippen LogP contribution is 2.18. The number of aromatic nitrogens is 1. The summed E-state index contributed by atoms with van der Waals surface area (Å²) in [4.78, 5) is 28.1. The molecule has 0 radical (unpaired) electrons. The normalized spacial score (nSPS) is 15.5. The number of nitro groups is 1. The van der Waals surface area contributed by atoms with Crippen LogP contribution in [0.4, 0.5) is 5.69 Å². The number of pyridine rings is 1. The van der Waals surface area contributed by atoms with Crippen molar-refractivity contribution in [2.75, 3.05) is 13.1 Å². The molecule has 0 atom stereocenters. The van der Waals surface area contributed by atoms with Crippen molar-refractivity contribution in [1.29, 1.82) is 0 Å². The van der Waals surface area contributed by atoms with Gasteiger partial charge in [0.1, 0.15) is 6.20 Å². The van der Waals surface area contributed by atoms with E-state index in [1.165, 1.54) is 12.3 Å². The summed E-state index contributed by atoms with van der Waals surface area (Å²) in [6.07, 6.45) is 4.30. The molecule has 0 N–H and O–H groups in total. The minimum Gasteiger partial charge on any atom is -0.339 e. The zero-order valence-corrected chi connectivity index (χ0v) is 10.3. The van der Waals surface area contributed by atoms with E-state index in [1.807, 2.05) is 0 Å². The number of carbonyl (C=O) groups excluding carboxylic acids is 1. The molecule has 6 nitrogen and oxygen atoms in total. The summed E-state index contributed by atoms with van der Waals surface area (Å²) in [5.41, 5.74) is 0.739. The standard InChI is InChI=1S/C12H15N3O3/c1-9-11(7-10(8-13-9)15(17)18)12(16)14-5-3-2-4-6-14/h7-8H,2-6H2,1H3. The highest BCUT2D eigenvalue weighted by molar-refractivity contribution is 5.95. The molecule has 2 rings (SSSR count). The highest BCUT2D eigenvalue weighted by atomic mass is 16.6. The van der Waals surface area contributed by atoms with Gasteiger partial charge in [-0.05, 0) is 26.2 Å². The van der Waals surface area contributed by atoms with Gasteiger partial charge in [0.2, 0.25) is 0 Å².